The van der Waals surface area contributed by atoms with E-state index in [1.807, 2.05) is 60.7 Å². The van der Waals surface area contributed by atoms with Crippen molar-refractivity contribution in [2.45, 2.75) is 19.5 Å². The SMILES string of the molecule is O=C(Cc1ccccc1)NCc1[nH]c2ccccc2[n+]1Cc1ccccc1. The highest BCUT2D eigenvalue weighted by molar-refractivity contribution is 5.78. The van der Waals surface area contributed by atoms with Crippen molar-refractivity contribution in [1.29, 1.82) is 0 Å². The number of para-hydroxylation sites is 2. The van der Waals surface area contributed by atoms with Gasteiger partial charge in [0, 0.05) is 0 Å². The van der Waals surface area contributed by atoms with Gasteiger partial charge in [0.25, 0.3) is 5.82 Å². The highest BCUT2D eigenvalue weighted by Crippen LogP contribution is 2.11. The molecule has 0 fully saturated rings. The van der Waals surface area contributed by atoms with Crippen molar-refractivity contribution in [3.8, 4) is 0 Å². The summed E-state index contributed by atoms with van der Waals surface area (Å²) in [5.74, 6) is 1.01. The summed E-state index contributed by atoms with van der Waals surface area (Å²) in [6.45, 7) is 1.22. The van der Waals surface area contributed by atoms with Crippen molar-refractivity contribution in [3.05, 3.63) is 102 Å². The van der Waals surface area contributed by atoms with Crippen molar-refractivity contribution in [1.82, 2.24) is 10.3 Å². The number of fused-ring (bicyclic) bond motifs is 1. The van der Waals surface area contributed by atoms with Gasteiger partial charge in [0.1, 0.15) is 13.1 Å². The third-order valence-electron chi connectivity index (χ3n) is 4.64. The van der Waals surface area contributed by atoms with E-state index < -0.39 is 0 Å². The molecule has 1 aromatic heterocycles. The van der Waals surface area contributed by atoms with Gasteiger partial charge in [-0.05, 0) is 23.3 Å². The number of aromatic nitrogens is 2. The zero-order valence-electron chi connectivity index (χ0n) is 15.1. The second-order valence-corrected chi connectivity index (χ2v) is 6.60. The Balaban J connectivity index is 1.54. The second kappa shape index (κ2) is 7.87. The molecule has 3 aromatic carbocycles. The maximum absolute atomic E-state index is 12.3. The predicted molar refractivity (Wildman–Crippen MR) is 106 cm³/mol. The lowest BCUT2D eigenvalue weighted by Gasteiger charge is -2.05. The molecule has 4 aromatic rings. The minimum Gasteiger partial charge on any atom is -0.344 e. The molecule has 0 aliphatic carbocycles. The zero-order valence-corrected chi connectivity index (χ0v) is 15.1. The number of imidazole rings is 1. The molecule has 0 saturated heterocycles. The van der Waals surface area contributed by atoms with Gasteiger partial charge < -0.3 is 5.32 Å². The van der Waals surface area contributed by atoms with Gasteiger partial charge in [-0.25, -0.2) is 9.55 Å². The van der Waals surface area contributed by atoms with Gasteiger partial charge in [-0.2, -0.15) is 0 Å². The predicted octanol–water partition coefficient (Wildman–Crippen LogP) is 3.36. The minimum atomic E-state index is 0.0196. The Kier molecular flexibility index (Phi) is 4.97. The molecule has 4 heteroatoms. The molecule has 2 N–H and O–H groups in total. The monoisotopic (exact) mass is 356 g/mol. The fourth-order valence-electron chi connectivity index (χ4n) is 3.30. The summed E-state index contributed by atoms with van der Waals surface area (Å²) in [5, 5.41) is 3.04. The number of nitrogens with one attached hydrogen (secondary N) is 2. The van der Waals surface area contributed by atoms with Gasteiger partial charge >= 0.3 is 0 Å². The number of amides is 1. The van der Waals surface area contributed by atoms with Crippen LogP contribution >= 0.6 is 0 Å². The van der Waals surface area contributed by atoms with Crippen LogP contribution in [0.15, 0.2) is 84.9 Å². The molecule has 27 heavy (non-hydrogen) atoms. The standard InChI is InChI=1S/C23H21N3O/c27-23(15-18-9-3-1-4-10-18)24-16-22-25-20-13-7-8-14-21(20)26(22)17-19-11-5-2-6-12-19/h1-14H,15-17H2,(H,24,27)/p+1. The van der Waals surface area contributed by atoms with Gasteiger partial charge in [-0.1, -0.05) is 72.8 Å². The molecular weight excluding hydrogens is 334 g/mol. The molecule has 4 rings (SSSR count). The number of H-pyrrole nitrogens is 1. The largest absolute Gasteiger partial charge is 0.344 e. The third kappa shape index (κ3) is 4.06. The molecule has 1 heterocycles. The van der Waals surface area contributed by atoms with E-state index in [9.17, 15) is 4.79 Å². The topological polar surface area (TPSA) is 48.8 Å². The maximum atomic E-state index is 12.3. The van der Waals surface area contributed by atoms with Crippen LogP contribution in [0.5, 0.6) is 0 Å². The van der Waals surface area contributed by atoms with Gasteiger partial charge in [0.15, 0.2) is 11.0 Å². The number of carbonyl (C=O) groups is 1. The first-order valence-corrected chi connectivity index (χ1v) is 9.13. The summed E-state index contributed by atoms with van der Waals surface area (Å²) >= 11 is 0. The number of nitrogens with zero attached hydrogens (tertiary/aromatic N) is 1. The molecule has 0 bridgehead atoms. The Hall–Kier alpha value is -3.40. The van der Waals surface area contributed by atoms with Crippen LogP contribution in [-0.4, -0.2) is 10.9 Å². The van der Waals surface area contributed by atoms with Crippen molar-refractivity contribution in [3.63, 3.8) is 0 Å². The molecular formula is C23H22N3O+. The van der Waals surface area contributed by atoms with Gasteiger partial charge in [0.05, 0.1) is 6.42 Å². The number of aromatic amines is 1. The third-order valence-corrected chi connectivity index (χ3v) is 4.64. The van der Waals surface area contributed by atoms with Crippen molar-refractivity contribution in [2.75, 3.05) is 0 Å². The van der Waals surface area contributed by atoms with E-state index in [2.05, 4.69) is 39.1 Å². The van der Waals surface area contributed by atoms with Gasteiger partial charge in [-0.3, -0.25) is 4.79 Å². The summed E-state index contributed by atoms with van der Waals surface area (Å²) in [7, 11) is 0. The number of benzene rings is 3. The Labute approximate surface area is 158 Å². The van der Waals surface area contributed by atoms with Crippen LogP contribution in [0.4, 0.5) is 0 Å². The number of hydrogen-bond acceptors (Lipinski definition) is 1. The highest BCUT2D eigenvalue weighted by Gasteiger charge is 2.19. The number of carbonyl (C=O) groups excluding carboxylic acids is 1. The quantitative estimate of drug-likeness (QED) is 0.511. The van der Waals surface area contributed by atoms with Gasteiger partial charge in [0.2, 0.25) is 5.91 Å². The van der Waals surface area contributed by atoms with E-state index >= 15 is 0 Å². The van der Waals surface area contributed by atoms with Crippen LogP contribution in [0.1, 0.15) is 17.0 Å². The van der Waals surface area contributed by atoms with Gasteiger partial charge in [-0.15, -0.1) is 0 Å². The summed E-state index contributed by atoms with van der Waals surface area (Å²) in [4.78, 5) is 15.8. The summed E-state index contributed by atoms with van der Waals surface area (Å²) in [5.41, 5.74) is 4.45. The lowest BCUT2D eigenvalue weighted by molar-refractivity contribution is -0.670. The normalized spacial score (nSPS) is 10.8. The van der Waals surface area contributed by atoms with Crippen LogP contribution in [-0.2, 0) is 24.3 Å². The number of hydrogen-bond donors (Lipinski definition) is 2. The van der Waals surface area contributed by atoms with E-state index in [1.165, 1.54) is 5.56 Å². The molecule has 1 amide bonds. The van der Waals surface area contributed by atoms with Crippen LogP contribution in [0.2, 0.25) is 0 Å². The Morgan fingerprint density at radius 1 is 0.815 bits per heavy atom. The van der Waals surface area contributed by atoms with Crippen molar-refractivity contribution in [2.24, 2.45) is 0 Å². The smallest absolute Gasteiger partial charge is 0.275 e. The molecule has 134 valence electrons. The van der Waals surface area contributed by atoms with Crippen LogP contribution in [0.3, 0.4) is 0 Å². The molecule has 0 unspecified atom stereocenters. The average Bonchev–Trinajstić information content (AvgIpc) is 3.06. The van der Waals surface area contributed by atoms with E-state index in [0.717, 1.165) is 29.0 Å². The van der Waals surface area contributed by atoms with Crippen LogP contribution in [0.25, 0.3) is 11.0 Å². The molecule has 0 atom stereocenters. The molecule has 4 nitrogen and oxygen atoms in total. The Bertz CT molecular complexity index is 1040. The Morgan fingerprint density at radius 3 is 2.19 bits per heavy atom. The van der Waals surface area contributed by atoms with E-state index in [0.29, 0.717) is 13.0 Å². The second-order valence-electron chi connectivity index (χ2n) is 6.60. The molecule has 0 radical (unpaired) electrons. The van der Waals surface area contributed by atoms with Crippen molar-refractivity contribution < 1.29 is 9.36 Å². The van der Waals surface area contributed by atoms with E-state index in [-0.39, 0.29) is 5.91 Å². The number of rotatable bonds is 6. The van der Waals surface area contributed by atoms with E-state index in [4.69, 9.17) is 0 Å². The van der Waals surface area contributed by atoms with Crippen molar-refractivity contribution >= 4 is 16.9 Å². The lowest BCUT2D eigenvalue weighted by atomic mass is 10.1. The fraction of sp³-hybridized carbons (Fsp3) is 0.130. The zero-order chi connectivity index (χ0) is 18.5. The Morgan fingerprint density at radius 2 is 1.44 bits per heavy atom. The molecule has 0 saturated carbocycles. The summed E-state index contributed by atoms with van der Waals surface area (Å²) in [6.07, 6.45) is 0.389. The first kappa shape index (κ1) is 17.0. The molecule has 0 aliphatic rings. The van der Waals surface area contributed by atoms with Crippen LogP contribution < -0.4 is 9.88 Å². The fourth-order valence-corrected chi connectivity index (χ4v) is 3.30. The lowest BCUT2D eigenvalue weighted by Crippen LogP contribution is -2.40. The summed E-state index contributed by atoms with van der Waals surface area (Å²) < 4.78 is 2.23. The first-order chi connectivity index (χ1) is 13.3. The van der Waals surface area contributed by atoms with E-state index in [1.54, 1.807) is 0 Å². The minimum absolute atomic E-state index is 0.0196. The van der Waals surface area contributed by atoms with Crippen LogP contribution in [0, 0.1) is 0 Å². The average molecular weight is 356 g/mol. The maximum Gasteiger partial charge on any atom is 0.275 e. The first-order valence-electron chi connectivity index (χ1n) is 9.13. The molecule has 0 spiro atoms. The summed E-state index contributed by atoms with van der Waals surface area (Å²) in [6, 6.07) is 28.4. The highest BCUT2D eigenvalue weighted by atomic mass is 16.1. The molecule has 0 aliphatic heterocycles.